The smallest absolute Gasteiger partial charge is 0.255 e. The molecule has 1 amide bonds. The summed E-state index contributed by atoms with van der Waals surface area (Å²) in [6.07, 6.45) is 1.69. The van der Waals surface area contributed by atoms with Crippen LogP contribution < -0.4 is 15.5 Å². The summed E-state index contributed by atoms with van der Waals surface area (Å²) in [4.78, 5) is 24.5. The van der Waals surface area contributed by atoms with Crippen molar-refractivity contribution in [1.82, 2.24) is 15.3 Å². The third-order valence-electron chi connectivity index (χ3n) is 8.10. The van der Waals surface area contributed by atoms with Gasteiger partial charge in [0.15, 0.2) is 11.2 Å². The standard InChI is InChI=1S/C38H32FN5O3/c1-23(42-28-11-5-4-6-12-28)22-44(3)31-21-33-30(34(37(45)40-2)35(46-33)24-14-16-27(39)17-15-24)20-29(31)25-9-7-10-26(19-25)38-43-36-32(47-38)13-8-18-41-36/h4-21,23,42H,22H2,1-3H3,(H,40,45). The Morgan fingerprint density at radius 2 is 1.66 bits per heavy atom. The van der Waals surface area contributed by atoms with Crippen LogP contribution in [0.5, 0.6) is 0 Å². The second-order valence-corrected chi connectivity index (χ2v) is 11.5. The Balaban J connectivity index is 1.37. The van der Waals surface area contributed by atoms with Crippen LogP contribution in [-0.2, 0) is 0 Å². The van der Waals surface area contributed by atoms with Crippen molar-refractivity contribution in [1.29, 1.82) is 0 Å². The normalized spacial score (nSPS) is 11.9. The number of nitrogens with zero attached hydrogens (tertiary/aromatic N) is 3. The van der Waals surface area contributed by atoms with E-state index in [0.717, 1.165) is 28.1 Å². The number of amides is 1. The zero-order chi connectivity index (χ0) is 32.5. The number of likely N-dealkylation sites (N-methyl/N-ethyl adjacent to an activating group) is 1. The number of carbonyl (C=O) groups is 1. The summed E-state index contributed by atoms with van der Waals surface area (Å²) >= 11 is 0. The van der Waals surface area contributed by atoms with Gasteiger partial charge in [-0.25, -0.2) is 9.37 Å². The molecule has 1 unspecified atom stereocenters. The molecule has 0 saturated carbocycles. The van der Waals surface area contributed by atoms with Gasteiger partial charge in [0.25, 0.3) is 5.91 Å². The fourth-order valence-electron chi connectivity index (χ4n) is 5.92. The predicted molar refractivity (Wildman–Crippen MR) is 184 cm³/mol. The van der Waals surface area contributed by atoms with Crippen molar-refractivity contribution in [2.75, 3.05) is 30.9 Å². The third kappa shape index (κ3) is 5.91. The highest BCUT2D eigenvalue weighted by molar-refractivity contribution is 6.13. The lowest BCUT2D eigenvalue weighted by Crippen LogP contribution is -2.32. The minimum Gasteiger partial charge on any atom is -0.455 e. The molecule has 7 aromatic rings. The Morgan fingerprint density at radius 1 is 0.872 bits per heavy atom. The Hall–Kier alpha value is -5.96. The van der Waals surface area contributed by atoms with E-state index >= 15 is 0 Å². The zero-order valence-electron chi connectivity index (χ0n) is 26.1. The summed E-state index contributed by atoms with van der Waals surface area (Å²) in [7, 11) is 3.62. The largest absolute Gasteiger partial charge is 0.455 e. The third-order valence-corrected chi connectivity index (χ3v) is 8.10. The zero-order valence-corrected chi connectivity index (χ0v) is 26.1. The lowest BCUT2D eigenvalue weighted by Gasteiger charge is -2.27. The summed E-state index contributed by atoms with van der Waals surface area (Å²) in [5.74, 6) is 0.163. The number of para-hydroxylation sites is 1. The number of oxazole rings is 1. The van der Waals surface area contributed by atoms with E-state index in [4.69, 9.17) is 8.83 Å². The summed E-state index contributed by atoms with van der Waals surface area (Å²) in [6.45, 7) is 2.80. The summed E-state index contributed by atoms with van der Waals surface area (Å²) in [5, 5.41) is 6.96. The first-order valence-electron chi connectivity index (χ1n) is 15.3. The fourth-order valence-corrected chi connectivity index (χ4v) is 5.92. The number of halogens is 1. The van der Waals surface area contributed by atoms with E-state index in [-0.39, 0.29) is 17.8 Å². The van der Waals surface area contributed by atoms with E-state index in [0.29, 0.717) is 51.5 Å². The van der Waals surface area contributed by atoms with Crippen molar-refractivity contribution in [3.8, 4) is 33.9 Å². The molecular weight excluding hydrogens is 593 g/mol. The van der Waals surface area contributed by atoms with Crippen molar-refractivity contribution in [2.45, 2.75) is 13.0 Å². The molecule has 0 aliphatic rings. The highest BCUT2D eigenvalue weighted by atomic mass is 19.1. The van der Waals surface area contributed by atoms with Crippen LogP contribution in [0.15, 0.2) is 118 Å². The number of hydrogen-bond donors (Lipinski definition) is 2. The second-order valence-electron chi connectivity index (χ2n) is 11.5. The van der Waals surface area contributed by atoms with E-state index < -0.39 is 0 Å². The van der Waals surface area contributed by atoms with Crippen LogP contribution in [0.4, 0.5) is 15.8 Å². The minimum atomic E-state index is -0.370. The molecule has 0 aliphatic carbocycles. The van der Waals surface area contributed by atoms with Gasteiger partial charge in [-0.05, 0) is 79.2 Å². The van der Waals surface area contributed by atoms with Crippen LogP contribution in [0.25, 0.3) is 56.1 Å². The number of anilines is 2. The molecule has 8 nitrogen and oxygen atoms in total. The number of carbonyl (C=O) groups excluding carboxylic acids is 1. The molecule has 7 rings (SSSR count). The molecular formula is C38H32FN5O3. The number of pyridine rings is 1. The summed E-state index contributed by atoms with van der Waals surface area (Å²) in [5.41, 5.74) is 7.19. The van der Waals surface area contributed by atoms with Crippen LogP contribution >= 0.6 is 0 Å². The number of furan rings is 1. The van der Waals surface area contributed by atoms with Gasteiger partial charge < -0.3 is 24.4 Å². The van der Waals surface area contributed by atoms with Gasteiger partial charge in [-0.15, -0.1) is 0 Å². The maximum absolute atomic E-state index is 13.8. The minimum absolute atomic E-state index is 0.0948. The quantitative estimate of drug-likeness (QED) is 0.166. The van der Waals surface area contributed by atoms with Gasteiger partial charge in [0, 0.05) is 72.4 Å². The fraction of sp³-hybridized carbons (Fsp3) is 0.132. The van der Waals surface area contributed by atoms with Crippen LogP contribution in [0.3, 0.4) is 0 Å². The van der Waals surface area contributed by atoms with Crippen LogP contribution in [0.2, 0.25) is 0 Å². The molecule has 3 heterocycles. The number of rotatable bonds is 9. The Kier molecular flexibility index (Phi) is 7.87. The second kappa shape index (κ2) is 12.4. The Morgan fingerprint density at radius 3 is 2.43 bits per heavy atom. The molecule has 47 heavy (non-hydrogen) atoms. The lowest BCUT2D eigenvalue weighted by atomic mass is 9.96. The van der Waals surface area contributed by atoms with E-state index in [2.05, 4.69) is 32.4 Å². The number of hydrogen-bond acceptors (Lipinski definition) is 7. The van der Waals surface area contributed by atoms with Gasteiger partial charge in [-0.2, -0.15) is 4.98 Å². The number of aromatic nitrogens is 2. The first-order valence-corrected chi connectivity index (χ1v) is 15.3. The highest BCUT2D eigenvalue weighted by Gasteiger charge is 2.25. The molecule has 0 saturated heterocycles. The summed E-state index contributed by atoms with van der Waals surface area (Å²) in [6, 6.07) is 31.7. The molecule has 234 valence electrons. The molecule has 0 fully saturated rings. The Bertz CT molecular complexity index is 2180. The lowest BCUT2D eigenvalue weighted by molar-refractivity contribution is 0.0964. The molecule has 0 aliphatic heterocycles. The maximum atomic E-state index is 13.8. The SMILES string of the molecule is CNC(=O)c1c(-c2ccc(F)cc2)oc2cc(N(C)CC(C)Nc3ccccc3)c(-c3cccc(-c4nc5ncccc5o4)c3)cc12. The molecule has 4 aromatic carbocycles. The molecule has 1 atom stereocenters. The van der Waals surface area contributed by atoms with Gasteiger partial charge in [0.1, 0.15) is 17.2 Å². The molecule has 3 aromatic heterocycles. The van der Waals surface area contributed by atoms with Crippen molar-refractivity contribution < 1.29 is 18.0 Å². The number of benzene rings is 4. The predicted octanol–water partition coefficient (Wildman–Crippen LogP) is 8.41. The van der Waals surface area contributed by atoms with Gasteiger partial charge in [-0.1, -0.05) is 30.3 Å². The number of nitrogens with one attached hydrogen (secondary N) is 2. The van der Waals surface area contributed by atoms with Crippen LogP contribution in [0.1, 0.15) is 17.3 Å². The van der Waals surface area contributed by atoms with Gasteiger partial charge >= 0.3 is 0 Å². The van der Waals surface area contributed by atoms with Crippen LogP contribution in [-0.4, -0.2) is 42.6 Å². The maximum Gasteiger partial charge on any atom is 0.255 e. The van der Waals surface area contributed by atoms with Crippen molar-refractivity contribution in [3.05, 3.63) is 121 Å². The number of fused-ring (bicyclic) bond motifs is 2. The van der Waals surface area contributed by atoms with Crippen molar-refractivity contribution in [2.24, 2.45) is 0 Å². The topological polar surface area (TPSA) is 96.4 Å². The first-order chi connectivity index (χ1) is 22.9. The average molecular weight is 626 g/mol. The van der Waals surface area contributed by atoms with E-state index in [1.54, 1.807) is 25.4 Å². The molecule has 0 radical (unpaired) electrons. The van der Waals surface area contributed by atoms with Crippen molar-refractivity contribution in [3.63, 3.8) is 0 Å². The highest BCUT2D eigenvalue weighted by Crippen LogP contribution is 2.41. The monoisotopic (exact) mass is 625 g/mol. The molecule has 9 heteroatoms. The molecule has 0 spiro atoms. The first kappa shape index (κ1) is 29.7. The van der Waals surface area contributed by atoms with Gasteiger partial charge in [0.05, 0.1) is 5.56 Å². The Labute approximate surface area is 270 Å². The molecule has 0 bridgehead atoms. The van der Waals surface area contributed by atoms with E-state index in [1.807, 2.05) is 85.9 Å². The van der Waals surface area contributed by atoms with E-state index in [9.17, 15) is 9.18 Å². The average Bonchev–Trinajstić information content (AvgIpc) is 3.70. The van der Waals surface area contributed by atoms with E-state index in [1.165, 1.54) is 12.1 Å². The van der Waals surface area contributed by atoms with Gasteiger partial charge in [0.2, 0.25) is 5.89 Å². The summed E-state index contributed by atoms with van der Waals surface area (Å²) < 4.78 is 26.3. The van der Waals surface area contributed by atoms with Crippen molar-refractivity contribution >= 4 is 39.5 Å². The van der Waals surface area contributed by atoms with Gasteiger partial charge in [-0.3, -0.25) is 4.79 Å². The van der Waals surface area contributed by atoms with Crippen LogP contribution in [0, 0.1) is 5.82 Å². The molecule has 2 N–H and O–H groups in total.